The Labute approximate surface area is 125 Å². The van der Waals surface area contributed by atoms with E-state index < -0.39 is 0 Å². The molecule has 112 valence electrons. The summed E-state index contributed by atoms with van der Waals surface area (Å²) in [5.74, 6) is 1.57. The highest BCUT2D eigenvalue weighted by atomic mass is 16.5. The van der Waals surface area contributed by atoms with E-state index in [2.05, 4.69) is 26.7 Å². The molecule has 21 heavy (non-hydrogen) atoms. The molecule has 2 aromatic rings. The number of rotatable bonds is 5. The lowest BCUT2D eigenvalue weighted by Crippen LogP contribution is -2.30. The van der Waals surface area contributed by atoms with Gasteiger partial charge in [-0.05, 0) is 38.3 Å². The van der Waals surface area contributed by atoms with Crippen molar-refractivity contribution in [2.24, 2.45) is 0 Å². The van der Waals surface area contributed by atoms with Crippen LogP contribution in [0.3, 0.4) is 0 Å². The van der Waals surface area contributed by atoms with Gasteiger partial charge in [0.1, 0.15) is 5.82 Å². The number of methoxy groups -OCH3 is 1. The fraction of sp³-hybridized carbons (Fsp3) is 0.500. The van der Waals surface area contributed by atoms with Crippen LogP contribution in [-0.4, -0.2) is 35.8 Å². The Morgan fingerprint density at radius 3 is 2.90 bits per heavy atom. The first-order valence-corrected chi connectivity index (χ1v) is 7.61. The first-order valence-electron chi connectivity index (χ1n) is 7.61. The van der Waals surface area contributed by atoms with E-state index in [1.807, 2.05) is 25.1 Å². The Balaban J connectivity index is 1.95. The SMILES string of the molecule is CCNc1nc(NC2CCCC2OC)c2ccccc2n1. The molecule has 2 N–H and O–H groups in total. The minimum atomic E-state index is 0.265. The number of fused-ring (bicyclic) bond motifs is 1. The molecule has 1 fully saturated rings. The maximum absolute atomic E-state index is 5.56. The van der Waals surface area contributed by atoms with Gasteiger partial charge in [-0.3, -0.25) is 0 Å². The van der Waals surface area contributed by atoms with Crippen molar-refractivity contribution in [1.82, 2.24) is 9.97 Å². The minimum Gasteiger partial charge on any atom is -0.379 e. The van der Waals surface area contributed by atoms with Gasteiger partial charge in [-0.25, -0.2) is 4.98 Å². The summed E-state index contributed by atoms with van der Waals surface area (Å²) < 4.78 is 5.56. The van der Waals surface area contributed by atoms with Crippen molar-refractivity contribution in [3.63, 3.8) is 0 Å². The minimum absolute atomic E-state index is 0.265. The quantitative estimate of drug-likeness (QED) is 0.884. The zero-order valence-electron chi connectivity index (χ0n) is 12.6. The number of nitrogens with zero attached hydrogens (tertiary/aromatic N) is 2. The van der Waals surface area contributed by atoms with Crippen molar-refractivity contribution in [3.8, 4) is 0 Å². The molecule has 2 unspecified atom stereocenters. The standard InChI is InChI=1S/C16H22N4O/c1-3-17-16-19-12-8-5-4-7-11(12)15(20-16)18-13-9-6-10-14(13)21-2/h4-5,7-8,13-14H,3,6,9-10H2,1-2H3,(H2,17,18,19,20). The number of hydrogen-bond donors (Lipinski definition) is 2. The second kappa shape index (κ2) is 6.26. The van der Waals surface area contributed by atoms with Crippen LogP contribution >= 0.6 is 0 Å². The van der Waals surface area contributed by atoms with Gasteiger partial charge in [-0.15, -0.1) is 0 Å². The van der Waals surface area contributed by atoms with Gasteiger partial charge in [0.2, 0.25) is 5.95 Å². The Hall–Kier alpha value is -1.88. The zero-order valence-corrected chi connectivity index (χ0v) is 12.6. The van der Waals surface area contributed by atoms with Crippen LogP contribution in [0.5, 0.6) is 0 Å². The van der Waals surface area contributed by atoms with Gasteiger partial charge in [0.15, 0.2) is 0 Å². The molecule has 0 bridgehead atoms. The molecule has 3 rings (SSSR count). The zero-order chi connectivity index (χ0) is 14.7. The average Bonchev–Trinajstić information content (AvgIpc) is 2.95. The molecular formula is C16H22N4O. The lowest BCUT2D eigenvalue weighted by atomic mass is 10.2. The highest BCUT2D eigenvalue weighted by Gasteiger charge is 2.27. The van der Waals surface area contributed by atoms with Crippen molar-refractivity contribution in [2.45, 2.75) is 38.3 Å². The molecule has 0 saturated heterocycles. The van der Waals surface area contributed by atoms with Crippen LogP contribution < -0.4 is 10.6 Å². The number of hydrogen-bond acceptors (Lipinski definition) is 5. The number of benzene rings is 1. The van der Waals surface area contributed by atoms with Crippen molar-refractivity contribution < 1.29 is 4.74 Å². The van der Waals surface area contributed by atoms with Crippen molar-refractivity contribution in [3.05, 3.63) is 24.3 Å². The third-order valence-electron chi connectivity index (χ3n) is 4.02. The monoisotopic (exact) mass is 286 g/mol. The molecule has 0 spiro atoms. The van der Waals surface area contributed by atoms with Crippen LogP contribution in [0.1, 0.15) is 26.2 Å². The van der Waals surface area contributed by atoms with Gasteiger partial charge in [0.25, 0.3) is 0 Å². The first kappa shape index (κ1) is 14.1. The molecular weight excluding hydrogens is 264 g/mol. The van der Waals surface area contributed by atoms with Gasteiger partial charge in [-0.1, -0.05) is 12.1 Å². The van der Waals surface area contributed by atoms with Crippen molar-refractivity contribution in [1.29, 1.82) is 0 Å². The number of aromatic nitrogens is 2. The lowest BCUT2D eigenvalue weighted by Gasteiger charge is -2.21. The van der Waals surface area contributed by atoms with E-state index in [1.165, 1.54) is 6.42 Å². The van der Waals surface area contributed by atoms with Crippen LogP contribution in [0.25, 0.3) is 10.9 Å². The largest absolute Gasteiger partial charge is 0.379 e. The van der Waals surface area contributed by atoms with Crippen LogP contribution in [0.2, 0.25) is 0 Å². The van der Waals surface area contributed by atoms with Gasteiger partial charge >= 0.3 is 0 Å². The molecule has 1 aromatic carbocycles. The molecule has 5 nitrogen and oxygen atoms in total. The number of nitrogens with one attached hydrogen (secondary N) is 2. The highest BCUT2D eigenvalue weighted by molar-refractivity contribution is 5.90. The van der Waals surface area contributed by atoms with Crippen molar-refractivity contribution in [2.75, 3.05) is 24.3 Å². The van der Waals surface area contributed by atoms with E-state index in [9.17, 15) is 0 Å². The molecule has 1 aliphatic rings. The highest BCUT2D eigenvalue weighted by Crippen LogP contribution is 2.28. The first-order chi connectivity index (χ1) is 10.3. The summed E-state index contributed by atoms with van der Waals surface area (Å²) in [6, 6.07) is 8.42. The molecule has 1 saturated carbocycles. The molecule has 5 heteroatoms. The molecule has 0 radical (unpaired) electrons. The second-order valence-corrected chi connectivity index (χ2v) is 5.40. The summed E-state index contributed by atoms with van der Waals surface area (Å²) in [4.78, 5) is 9.18. The van der Waals surface area contributed by atoms with Crippen LogP contribution in [0.4, 0.5) is 11.8 Å². The average molecular weight is 286 g/mol. The van der Waals surface area contributed by atoms with E-state index in [0.29, 0.717) is 12.0 Å². The molecule has 1 aromatic heterocycles. The summed E-state index contributed by atoms with van der Waals surface area (Å²) in [7, 11) is 1.78. The molecule has 1 aliphatic carbocycles. The van der Waals surface area contributed by atoms with Crippen LogP contribution in [-0.2, 0) is 4.74 Å². The normalized spacial score (nSPS) is 21.6. The van der Waals surface area contributed by atoms with Gasteiger partial charge in [-0.2, -0.15) is 4.98 Å². The van der Waals surface area contributed by atoms with Crippen LogP contribution in [0.15, 0.2) is 24.3 Å². The Kier molecular flexibility index (Phi) is 4.20. The fourth-order valence-electron chi connectivity index (χ4n) is 2.97. The summed E-state index contributed by atoms with van der Waals surface area (Å²) in [6.07, 6.45) is 3.69. The van der Waals surface area contributed by atoms with Crippen LogP contribution in [0, 0.1) is 0 Å². The second-order valence-electron chi connectivity index (χ2n) is 5.40. The third kappa shape index (κ3) is 2.93. The van der Waals surface area contributed by atoms with E-state index >= 15 is 0 Å². The molecule has 0 amide bonds. The Morgan fingerprint density at radius 1 is 1.24 bits per heavy atom. The molecule has 1 heterocycles. The molecule has 0 aliphatic heterocycles. The lowest BCUT2D eigenvalue weighted by molar-refractivity contribution is 0.101. The van der Waals surface area contributed by atoms with E-state index in [0.717, 1.165) is 36.1 Å². The van der Waals surface area contributed by atoms with E-state index in [4.69, 9.17) is 4.74 Å². The summed E-state index contributed by atoms with van der Waals surface area (Å²) in [5.41, 5.74) is 0.956. The number of anilines is 2. The Bertz CT molecular complexity index is 616. The van der Waals surface area contributed by atoms with Gasteiger partial charge in [0, 0.05) is 19.0 Å². The number of para-hydroxylation sites is 1. The van der Waals surface area contributed by atoms with Gasteiger partial charge < -0.3 is 15.4 Å². The predicted molar refractivity (Wildman–Crippen MR) is 85.8 cm³/mol. The summed E-state index contributed by atoms with van der Waals surface area (Å²) >= 11 is 0. The topological polar surface area (TPSA) is 59.1 Å². The third-order valence-corrected chi connectivity index (χ3v) is 4.02. The predicted octanol–water partition coefficient (Wildman–Crippen LogP) is 3.04. The fourth-order valence-corrected chi connectivity index (χ4v) is 2.97. The smallest absolute Gasteiger partial charge is 0.225 e. The Morgan fingerprint density at radius 2 is 2.10 bits per heavy atom. The summed E-state index contributed by atoms with van der Waals surface area (Å²) in [5, 5.41) is 7.82. The summed E-state index contributed by atoms with van der Waals surface area (Å²) in [6.45, 7) is 2.85. The number of ether oxygens (including phenoxy) is 1. The molecule has 2 atom stereocenters. The van der Waals surface area contributed by atoms with Gasteiger partial charge in [0.05, 0.1) is 17.7 Å². The van der Waals surface area contributed by atoms with E-state index in [-0.39, 0.29) is 6.10 Å². The maximum Gasteiger partial charge on any atom is 0.225 e. The maximum atomic E-state index is 5.56. The van der Waals surface area contributed by atoms with E-state index in [1.54, 1.807) is 7.11 Å². The van der Waals surface area contributed by atoms with Crippen molar-refractivity contribution >= 4 is 22.7 Å².